The number of halogens is 2. The molecule has 8 heteroatoms. The second kappa shape index (κ2) is 8.94. The van der Waals surface area contributed by atoms with E-state index >= 15 is 0 Å². The highest BCUT2D eigenvalue weighted by atomic mass is 35.5. The van der Waals surface area contributed by atoms with E-state index in [-0.39, 0.29) is 16.3 Å². The quantitative estimate of drug-likeness (QED) is 0.368. The Morgan fingerprint density at radius 2 is 1.79 bits per heavy atom. The van der Waals surface area contributed by atoms with E-state index in [0.29, 0.717) is 23.1 Å². The Kier molecular flexibility index (Phi) is 6.36. The molecule has 0 aromatic heterocycles. The number of hydrogen-bond acceptors (Lipinski definition) is 4. The Labute approximate surface area is 177 Å². The fraction of sp³-hybridized carbons (Fsp3) is 0.0952. The highest BCUT2D eigenvalue weighted by Gasteiger charge is 2.21. The Morgan fingerprint density at radius 1 is 1.07 bits per heavy atom. The average Bonchev–Trinajstić information content (AvgIpc) is 2.72. The highest BCUT2D eigenvalue weighted by Crippen LogP contribution is 2.33. The predicted octanol–water partition coefficient (Wildman–Crippen LogP) is 5.76. The van der Waals surface area contributed by atoms with Gasteiger partial charge in [-0.1, -0.05) is 53.5 Å². The van der Waals surface area contributed by atoms with Gasteiger partial charge >= 0.3 is 0 Å². The summed E-state index contributed by atoms with van der Waals surface area (Å²) in [6.07, 6.45) is 0. The molecule has 3 aromatic carbocycles. The van der Waals surface area contributed by atoms with Crippen LogP contribution in [0.25, 0.3) is 0 Å². The Morgan fingerprint density at radius 3 is 2.45 bits per heavy atom. The molecule has 0 aliphatic carbocycles. The first-order chi connectivity index (χ1) is 13.9. The van der Waals surface area contributed by atoms with Crippen LogP contribution in [0.1, 0.15) is 15.9 Å². The van der Waals surface area contributed by atoms with Gasteiger partial charge in [0.15, 0.2) is 0 Å². The largest absolute Gasteiger partial charge is 0.487 e. The number of amides is 1. The number of nitro groups is 1. The molecule has 0 aliphatic heterocycles. The van der Waals surface area contributed by atoms with Crippen LogP contribution in [-0.2, 0) is 6.61 Å². The standard InChI is InChI=1S/C21H16Cl2N2O4/c1-24(21(26)17-9-8-16(25(27)28)12-18(17)23)19-10-7-15(22)11-20(19)29-13-14-5-3-2-4-6-14/h2-12H,13H2,1H3. The summed E-state index contributed by atoms with van der Waals surface area (Å²) in [5, 5.41) is 11.3. The van der Waals surface area contributed by atoms with Crippen molar-refractivity contribution in [3.8, 4) is 5.75 Å². The summed E-state index contributed by atoms with van der Waals surface area (Å²) in [7, 11) is 1.57. The molecule has 0 N–H and O–H groups in total. The lowest BCUT2D eigenvalue weighted by Crippen LogP contribution is -2.27. The minimum absolute atomic E-state index is 0.00299. The summed E-state index contributed by atoms with van der Waals surface area (Å²) in [6.45, 7) is 0.300. The topological polar surface area (TPSA) is 72.7 Å². The first-order valence-corrected chi connectivity index (χ1v) is 9.30. The Bertz CT molecular complexity index is 1060. The van der Waals surface area contributed by atoms with E-state index < -0.39 is 10.8 Å². The summed E-state index contributed by atoms with van der Waals surface area (Å²) in [4.78, 5) is 24.6. The molecular weight excluding hydrogens is 415 g/mol. The second-order valence-electron chi connectivity index (χ2n) is 6.17. The maximum absolute atomic E-state index is 12.9. The van der Waals surface area contributed by atoms with E-state index in [1.165, 1.54) is 17.0 Å². The van der Waals surface area contributed by atoms with Gasteiger partial charge in [0.1, 0.15) is 12.4 Å². The monoisotopic (exact) mass is 430 g/mol. The molecule has 3 aromatic rings. The number of nitro benzene ring substituents is 1. The average molecular weight is 431 g/mol. The molecular formula is C21H16Cl2N2O4. The van der Waals surface area contributed by atoms with Crippen LogP contribution in [0.3, 0.4) is 0 Å². The zero-order valence-electron chi connectivity index (χ0n) is 15.3. The van der Waals surface area contributed by atoms with E-state index in [2.05, 4.69) is 0 Å². The van der Waals surface area contributed by atoms with Crippen LogP contribution in [0.2, 0.25) is 10.0 Å². The number of ether oxygens (including phenoxy) is 1. The Balaban J connectivity index is 1.87. The van der Waals surface area contributed by atoms with Gasteiger partial charge < -0.3 is 9.64 Å². The van der Waals surface area contributed by atoms with Gasteiger partial charge in [-0.15, -0.1) is 0 Å². The van der Waals surface area contributed by atoms with Crippen molar-refractivity contribution >= 4 is 40.5 Å². The van der Waals surface area contributed by atoms with Crippen molar-refractivity contribution in [3.05, 3.63) is 98.0 Å². The summed E-state index contributed by atoms with van der Waals surface area (Å²) < 4.78 is 5.89. The molecule has 0 bridgehead atoms. The van der Waals surface area contributed by atoms with Crippen molar-refractivity contribution in [2.75, 3.05) is 11.9 Å². The summed E-state index contributed by atoms with van der Waals surface area (Å²) in [6, 6.07) is 18.2. The molecule has 0 fully saturated rings. The zero-order chi connectivity index (χ0) is 21.0. The smallest absolute Gasteiger partial charge is 0.270 e. The van der Waals surface area contributed by atoms with Gasteiger partial charge in [0.05, 0.1) is 21.2 Å². The van der Waals surface area contributed by atoms with Gasteiger partial charge in [0, 0.05) is 30.3 Å². The molecule has 0 radical (unpaired) electrons. The first kappa shape index (κ1) is 20.6. The molecule has 0 spiro atoms. The molecule has 3 rings (SSSR count). The fourth-order valence-electron chi connectivity index (χ4n) is 2.70. The van der Waals surface area contributed by atoms with Crippen LogP contribution in [0.15, 0.2) is 66.7 Å². The molecule has 6 nitrogen and oxygen atoms in total. The van der Waals surface area contributed by atoms with Crippen LogP contribution in [0, 0.1) is 10.1 Å². The maximum Gasteiger partial charge on any atom is 0.270 e. The van der Waals surface area contributed by atoms with Gasteiger partial charge in [-0.2, -0.15) is 0 Å². The van der Waals surface area contributed by atoms with E-state index in [9.17, 15) is 14.9 Å². The number of carbonyl (C=O) groups excluding carboxylic acids is 1. The molecule has 0 saturated carbocycles. The molecule has 0 atom stereocenters. The van der Waals surface area contributed by atoms with Crippen LogP contribution < -0.4 is 9.64 Å². The summed E-state index contributed by atoms with van der Waals surface area (Å²) in [5.74, 6) is -0.00739. The highest BCUT2D eigenvalue weighted by molar-refractivity contribution is 6.35. The molecule has 148 valence electrons. The third-order valence-electron chi connectivity index (χ3n) is 4.22. The van der Waals surface area contributed by atoms with Gasteiger partial charge in [0.25, 0.3) is 11.6 Å². The molecule has 0 unspecified atom stereocenters. The van der Waals surface area contributed by atoms with Crippen molar-refractivity contribution in [2.45, 2.75) is 6.61 Å². The van der Waals surface area contributed by atoms with Crippen LogP contribution in [-0.4, -0.2) is 17.9 Å². The van der Waals surface area contributed by atoms with E-state index in [1.807, 2.05) is 30.3 Å². The molecule has 0 heterocycles. The predicted molar refractivity (Wildman–Crippen MR) is 113 cm³/mol. The lowest BCUT2D eigenvalue weighted by atomic mass is 10.1. The number of hydrogen-bond donors (Lipinski definition) is 0. The third kappa shape index (κ3) is 4.85. The lowest BCUT2D eigenvalue weighted by molar-refractivity contribution is -0.384. The zero-order valence-corrected chi connectivity index (χ0v) is 16.9. The van der Waals surface area contributed by atoms with Crippen LogP contribution in [0.4, 0.5) is 11.4 Å². The van der Waals surface area contributed by atoms with Gasteiger partial charge in [-0.05, 0) is 23.8 Å². The molecule has 0 saturated heterocycles. The number of non-ortho nitro benzene ring substituents is 1. The summed E-state index contributed by atoms with van der Waals surface area (Å²) in [5.41, 5.74) is 1.41. The van der Waals surface area contributed by atoms with Gasteiger partial charge in [-0.3, -0.25) is 14.9 Å². The van der Waals surface area contributed by atoms with Crippen molar-refractivity contribution in [1.82, 2.24) is 0 Å². The minimum Gasteiger partial charge on any atom is -0.487 e. The van der Waals surface area contributed by atoms with E-state index in [0.717, 1.165) is 11.6 Å². The van der Waals surface area contributed by atoms with Crippen LogP contribution in [0.5, 0.6) is 5.75 Å². The third-order valence-corrected chi connectivity index (χ3v) is 4.77. The van der Waals surface area contributed by atoms with Gasteiger partial charge in [0.2, 0.25) is 0 Å². The van der Waals surface area contributed by atoms with Crippen molar-refractivity contribution in [3.63, 3.8) is 0 Å². The van der Waals surface area contributed by atoms with Crippen molar-refractivity contribution in [1.29, 1.82) is 0 Å². The number of nitrogens with zero attached hydrogens (tertiary/aromatic N) is 2. The SMILES string of the molecule is CN(C(=O)c1ccc([N+](=O)[O-])cc1Cl)c1ccc(Cl)cc1OCc1ccccc1. The fourth-order valence-corrected chi connectivity index (χ4v) is 3.11. The Hall–Kier alpha value is -3.09. The molecule has 29 heavy (non-hydrogen) atoms. The number of carbonyl (C=O) groups is 1. The number of anilines is 1. The number of benzene rings is 3. The number of rotatable bonds is 6. The molecule has 0 aliphatic rings. The maximum atomic E-state index is 12.9. The lowest BCUT2D eigenvalue weighted by Gasteiger charge is -2.21. The van der Waals surface area contributed by atoms with E-state index in [4.69, 9.17) is 27.9 Å². The second-order valence-corrected chi connectivity index (χ2v) is 7.02. The van der Waals surface area contributed by atoms with E-state index in [1.54, 1.807) is 25.2 Å². The van der Waals surface area contributed by atoms with Crippen LogP contribution >= 0.6 is 23.2 Å². The normalized spacial score (nSPS) is 10.4. The van der Waals surface area contributed by atoms with Crippen molar-refractivity contribution in [2.24, 2.45) is 0 Å². The van der Waals surface area contributed by atoms with Gasteiger partial charge in [-0.25, -0.2) is 0 Å². The first-order valence-electron chi connectivity index (χ1n) is 8.55. The minimum atomic E-state index is -0.571. The molecule has 1 amide bonds. The van der Waals surface area contributed by atoms with Crippen molar-refractivity contribution < 1.29 is 14.5 Å². The summed E-state index contributed by atoms with van der Waals surface area (Å²) >= 11 is 12.2.